The van der Waals surface area contributed by atoms with Gasteiger partial charge in [-0.15, -0.1) is 11.3 Å². The van der Waals surface area contributed by atoms with E-state index in [1.54, 1.807) is 23.5 Å². The number of benzene rings is 1. The van der Waals surface area contributed by atoms with Crippen LogP contribution in [0.1, 0.15) is 20.3 Å². The third kappa shape index (κ3) is 4.29. The van der Waals surface area contributed by atoms with E-state index < -0.39 is 0 Å². The van der Waals surface area contributed by atoms with Gasteiger partial charge in [-0.25, -0.2) is 4.98 Å². The van der Waals surface area contributed by atoms with Crippen LogP contribution in [0.3, 0.4) is 0 Å². The largest absolute Gasteiger partial charge is 0.359 e. The van der Waals surface area contributed by atoms with Gasteiger partial charge in [0.15, 0.2) is 5.13 Å². The van der Waals surface area contributed by atoms with Gasteiger partial charge in [0.2, 0.25) is 5.91 Å². The van der Waals surface area contributed by atoms with Crippen LogP contribution in [0.4, 0.5) is 10.8 Å². The number of rotatable bonds is 5. The molecule has 2 aromatic rings. The van der Waals surface area contributed by atoms with Crippen LogP contribution in [0.5, 0.6) is 0 Å². The summed E-state index contributed by atoms with van der Waals surface area (Å²) in [5.41, 5.74) is 2.56. The van der Waals surface area contributed by atoms with Crippen molar-refractivity contribution in [3.8, 4) is 17.3 Å². The lowest BCUT2D eigenvalue weighted by atomic mass is 10.1. The standard InChI is InChI=1S/C15H16N4OS/c1-10(2)17-15-19-13(9-21-15)11-3-5-12(6-4-11)18-14(20)7-8-16/h3-6,9-10H,7H2,1-2H3,(H,17,19)(H,18,20). The minimum Gasteiger partial charge on any atom is -0.359 e. The summed E-state index contributed by atoms with van der Waals surface area (Å²) < 4.78 is 0. The second-order valence-electron chi connectivity index (χ2n) is 4.80. The van der Waals surface area contributed by atoms with Crippen molar-refractivity contribution >= 4 is 28.1 Å². The van der Waals surface area contributed by atoms with Gasteiger partial charge in [-0.05, 0) is 26.0 Å². The molecule has 1 aromatic carbocycles. The third-order valence-corrected chi connectivity index (χ3v) is 3.39. The number of thiazole rings is 1. The van der Waals surface area contributed by atoms with Gasteiger partial charge in [0.05, 0.1) is 11.8 Å². The van der Waals surface area contributed by atoms with Crippen LogP contribution < -0.4 is 10.6 Å². The number of hydrogen-bond donors (Lipinski definition) is 2. The van der Waals surface area contributed by atoms with Crippen molar-refractivity contribution < 1.29 is 4.79 Å². The van der Waals surface area contributed by atoms with Crippen LogP contribution in [0.15, 0.2) is 29.6 Å². The number of nitriles is 1. The SMILES string of the molecule is CC(C)Nc1nc(-c2ccc(NC(=O)CC#N)cc2)cs1. The number of amides is 1. The van der Waals surface area contributed by atoms with Crippen molar-refractivity contribution in [2.45, 2.75) is 26.3 Å². The summed E-state index contributed by atoms with van der Waals surface area (Å²) in [5.74, 6) is -0.303. The maximum atomic E-state index is 11.3. The molecule has 2 N–H and O–H groups in total. The molecule has 1 amide bonds. The molecule has 0 spiro atoms. The van der Waals surface area contributed by atoms with E-state index in [1.165, 1.54) is 0 Å². The number of anilines is 2. The smallest absolute Gasteiger partial charge is 0.238 e. The molecule has 5 nitrogen and oxygen atoms in total. The van der Waals surface area contributed by atoms with E-state index in [4.69, 9.17) is 5.26 Å². The number of hydrogen-bond acceptors (Lipinski definition) is 5. The fourth-order valence-electron chi connectivity index (χ4n) is 1.72. The molecule has 0 unspecified atom stereocenters. The van der Waals surface area contributed by atoms with Crippen LogP contribution in [0.2, 0.25) is 0 Å². The summed E-state index contributed by atoms with van der Waals surface area (Å²) in [6.45, 7) is 4.14. The maximum absolute atomic E-state index is 11.3. The number of carbonyl (C=O) groups is 1. The molecule has 0 bridgehead atoms. The number of nitrogens with zero attached hydrogens (tertiary/aromatic N) is 2. The molecule has 21 heavy (non-hydrogen) atoms. The Morgan fingerprint density at radius 2 is 2.10 bits per heavy atom. The highest BCUT2D eigenvalue weighted by atomic mass is 32.1. The quantitative estimate of drug-likeness (QED) is 0.886. The molecule has 1 aromatic heterocycles. The van der Waals surface area contributed by atoms with E-state index >= 15 is 0 Å². The molecule has 1 heterocycles. The lowest BCUT2D eigenvalue weighted by molar-refractivity contribution is -0.115. The van der Waals surface area contributed by atoms with E-state index in [0.717, 1.165) is 16.4 Å². The zero-order valence-electron chi connectivity index (χ0n) is 11.9. The van der Waals surface area contributed by atoms with E-state index in [-0.39, 0.29) is 12.3 Å². The fourth-order valence-corrected chi connectivity index (χ4v) is 2.59. The molecule has 0 saturated carbocycles. The van der Waals surface area contributed by atoms with E-state index in [2.05, 4.69) is 29.5 Å². The van der Waals surface area contributed by atoms with Gasteiger partial charge in [-0.3, -0.25) is 4.79 Å². The molecule has 0 fully saturated rings. The predicted octanol–water partition coefficient (Wildman–Crippen LogP) is 3.48. The normalized spacial score (nSPS) is 10.2. The molecule has 0 aliphatic heterocycles. The second-order valence-corrected chi connectivity index (χ2v) is 5.66. The predicted molar refractivity (Wildman–Crippen MR) is 85.2 cm³/mol. The van der Waals surface area contributed by atoms with Crippen LogP contribution in [0, 0.1) is 11.3 Å². The molecule has 0 radical (unpaired) electrons. The maximum Gasteiger partial charge on any atom is 0.238 e. The van der Waals surface area contributed by atoms with Crippen molar-refractivity contribution in [1.82, 2.24) is 4.98 Å². The van der Waals surface area contributed by atoms with Crippen LogP contribution in [0.25, 0.3) is 11.3 Å². The van der Waals surface area contributed by atoms with Gasteiger partial charge < -0.3 is 10.6 Å². The van der Waals surface area contributed by atoms with Gasteiger partial charge >= 0.3 is 0 Å². The Morgan fingerprint density at radius 3 is 2.71 bits per heavy atom. The van der Waals surface area contributed by atoms with Crippen LogP contribution in [-0.2, 0) is 4.79 Å². The van der Waals surface area contributed by atoms with E-state index in [9.17, 15) is 4.79 Å². The number of aromatic nitrogens is 1. The highest BCUT2D eigenvalue weighted by Gasteiger charge is 2.06. The first kappa shape index (κ1) is 15.0. The third-order valence-electron chi connectivity index (χ3n) is 2.62. The minimum atomic E-state index is -0.303. The average molecular weight is 300 g/mol. The van der Waals surface area contributed by atoms with E-state index in [0.29, 0.717) is 11.7 Å². The highest BCUT2D eigenvalue weighted by Crippen LogP contribution is 2.26. The van der Waals surface area contributed by atoms with Crippen LogP contribution >= 0.6 is 11.3 Å². The topological polar surface area (TPSA) is 77.8 Å². The Labute approximate surface area is 127 Å². The molecule has 108 valence electrons. The first-order valence-electron chi connectivity index (χ1n) is 6.58. The average Bonchev–Trinajstić information content (AvgIpc) is 2.87. The summed E-state index contributed by atoms with van der Waals surface area (Å²) in [4.78, 5) is 15.8. The van der Waals surface area contributed by atoms with Crippen molar-refractivity contribution in [2.24, 2.45) is 0 Å². The summed E-state index contributed by atoms with van der Waals surface area (Å²) in [6, 6.07) is 9.57. The summed E-state index contributed by atoms with van der Waals surface area (Å²) >= 11 is 1.57. The Hall–Kier alpha value is -2.39. The van der Waals surface area contributed by atoms with Crippen molar-refractivity contribution in [3.63, 3.8) is 0 Å². The van der Waals surface area contributed by atoms with Gasteiger partial charge in [0.1, 0.15) is 6.42 Å². The summed E-state index contributed by atoms with van der Waals surface area (Å²) in [5, 5.41) is 17.3. The minimum absolute atomic E-state index is 0.141. The molecule has 0 saturated heterocycles. The highest BCUT2D eigenvalue weighted by molar-refractivity contribution is 7.14. The molecular formula is C15H16N4OS. The lowest BCUT2D eigenvalue weighted by Crippen LogP contribution is -2.09. The number of carbonyl (C=O) groups excluding carboxylic acids is 1. The molecule has 2 rings (SSSR count). The Kier molecular flexibility index (Phi) is 4.90. The van der Waals surface area contributed by atoms with Gasteiger partial charge in [0, 0.05) is 22.7 Å². The molecule has 6 heteroatoms. The lowest BCUT2D eigenvalue weighted by Gasteiger charge is -2.05. The molecule has 0 aliphatic rings. The van der Waals surface area contributed by atoms with Gasteiger partial charge in [0.25, 0.3) is 0 Å². The fraction of sp³-hybridized carbons (Fsp3) is 0.267. The van der Waals surface area contributed by atoms with Crippen molar-refractivity contribution in [1.29, 1.82) is 5.26 Å². The summed E-state index contributed by atoms with van der Waals surface area (Å²) in [6.07, 6.45) is -0.141. The van der Waals surface area contributed by atoms with Crippen LogP contribution in [-0.4, -0.2) is 16.9 Å². The second kappa shape index (κ2) is 6.86. The Balaban J connectivity index is 2.06. The van der Waals surface area contributed by atoms with Gasteiger partial charge in [-0.1, -0.05) is 12.1 Å². The molecule has 0 atom stereocenters. The monoisotopic (exact) mass is 300 g/mol. The zero-order valence-corrected chi connectivity index (χ0v) is 12.7. The molecular weight excluding hydrogens is 284 g/mol. The first-order chi connectivity index (χ1) is 10.1. The molecule has 0 aliphatic carbocycles. The Bertz CT molecular complexity index is 655. The zero-order chi connectivity index (χ0) is 15.2. The van der Waals surface area contributed by atoms with E-state index in [1.807, 2.05) is 23.6 Å². The first-order valence-corrected chi connectivity index (χ1v) is 7.45. The number of nitrogens with one attached hydrogen (secondary N) is 2. The van der Waals surface area contributed by atoms with Crippen molar-refractivity contribution in [2.75, 3.05) is 10.6 Å². The van der Waals surface area contributed by atoms with Crippen molar-refractivity contribution in [3.05, 3.63) is 29.6 Å². The summed E-state index contributed by atoms with van der Waals surface area (Å²) in [7, 11) is 0. The Morgan fingerprint density at radius 1 is 1.38 bits per heavy atom. The van der Waals surface area contributed by atoms with Gasteiger partial charge in [-0.2, -0.15) is 5.26 Å².